The zero-order chi connectivity index (χ0) is 22.0. The van der Waals surface area contributed by atoms with Crippen molar-refractivity contribution in [2.45, 2.75) is 78.6 Å². The van der Waals surface area contributed by atoms with Crippen molar-refractivity contribution in [3.63, 3.8) is 0 Å². The van der Waals surface area contributed by atoms with Crippen LogP contribution in [0.1, 0.15) is 20.7 Å². The summed E-state index contributed by atoms with van der Waals surface area (Å²) in [7, 11) is -7.60. The lowest BCUT2D eigenvalue weighted by Gasteiger charge is -2.41. The van der Waals surface area contributed by atoms with Gasteiger partial charge in [0.25, 0.3) is 11.8 Å². The molecule has 156 valence electrons. The molecule has 28 heavy (non-hydrogen) atoms. The molecule has 2 heterocycles. The molecule has 2 aliphatic rings. The van der Waals surface area contributed by atoms with Gasteiger partial charge in [-0.1, -0.05) is 78.6 Å². The first kappa shape index (κ1) is 23.3. The molecule has 0 radical (unpaired) electrons. The Hall–Kier alpha value is -0.972. The second kappa shape index (κ2) is 6.78. The van der Waals surface area contributed by atoms with E-state index in [0.29, 0.717) is 0 Å². The van der Waals surface area contributed by atoms with Gasteiger partial charge in [0.15, 0.2) is 0 Å². The Morgan fingerprint density at radius 1 is 0.429 bits per heavy atom. The molecule has 2 N–H and O–H groups in total. The normalized spacial score (nSPS) is 15.9. The van der Waals surface area contributed by atoms with E-state index in [0.717, 1.165) is 11.1 Å². The Kier molecular flexibility index (Phi) is 5.65. The highest BCUT2D eigenvalue weighted by Gasteiger charge is 2.45. The minimum Gasteiger partial charge on any atom is -0.267 e. The SMILES string of the molecule is C[Si](C)(C)c1c2c([Si](C)(C)C)c([Si](C)(C)C)c(c1[Si](C)(C)C)C(=O)NNC2=O. The van der Waals surface area contributed by atoms with Crippen LogP contribution in [-0.2, 0) is 0 Å². The Morgan fingerprint density at radius 3 is 0.750 bits per heavy atom. The van der Waals surface area contributed by atoms with Gasteiger partial charge in [0.2, 0.25) is 0 Å². The molecule has 2 amide bonds. The fraction of sp³-hybridized carbons (Fsp3) is 0.600. The van der Waals surface area contributed by atoms with Gasteiger partial charge in [0.05, 0.1) is 32.3 Å². The molecule has 1 aromatic rings. The number of carbonyl (C=O) groups is 2. The van der Waals surface area contributed by atoms with E-state index in [1.165, 1.54) is 20.7 Å². The highest BCUT2D eigenvalue weighted by molar-refractivity contribution is 7.04. The lowest BCUT2D eigenvalue weighted by atomic mass is 10.1. The van der Waals surface area contributed by atoms with Crippen LogP contribution in [0, 0.1) is 0 Å². The molecule has 0 spiro atoms. The van der Waals surface area contributed by atoms with Crippen molar-refractivity contribution in [1.82, 2.24) is 10.9 Å². The summed E-state index contributed by atoms with van der Waals surface area (Å²) in [5, 5.41) is 4.98. The van der Waals surface area contributed by atoms with E-state index in [-0.39, 0.29) is 11.8 Å². The Labute approximate surface area is 174 Å². The van der Waals surface area contributed by atoms with Crippen LogP contribution in [0.5, 0.6) is 0 Å². The molecule has 0 aliphatic carbocycles. The maximum Gasteiger partial charge on any atom is 0.269 e. The molecule has 0 unspecified atom stereocenters. The highest BCUT2D eigenvalue weighted by atomic mass is 28.3. The van der Waals surface area contributed by atoms with Crippen LogP contribution in [0.3, 0.4) is 0 Å². The summed E-state index contributed by atoms with van der Waals surface area (Å²) < 4.78 is 0. The summed E-state index contributed by atoms with van der Waals surface area (Å²) in [6, 6.07) is 0. The molecule has 0 atom stereocenters. The van der Waals surface area contributed by atoms with Crippen LogP contribution < -0.4 is 31.6 Å². The molecule has 3 rings (SSSR count). The third kappa shape index (κ3) is 4.01. The largest absolute Gasteiger partial charge is 0.269 e. The van der Waals surface area contributed by atoms with Crippen molar-refractivity contribution >= 4 is 64.9 Å². The molecule has 8 heteroatoms. The van der Waals surface area contributed by atoms with E-state index >= 15 is 0 Å². The minimum absolute atomic E-state index is 0.117. The molecular formula is C20H38N2O2Si4. The predicted octanol–water partition coefficient (Wildman–Crippen LogP) is 2.26. The van der Waals surface area contributed by atoms with Crippen molar-refractivity contribution in [3.8, 4) is 0 Å². The number of fused-ring (bicyclic) bond motifs is 5. The van der Waals surface area contributed by atoms with E-state index in [2.05, 4.69) is 89.4 Å². The predicted molar refractivity (Wildman–Crippen MR) is 133 cm³/mol. The lowest BCUT2D eigenvalue weighted by molar-refractivity contribution is 0.0846. The average molecular weight is 451 g/mol. The number of hydrogen-bond acceptors (Lipinski definition) is 2. The molecule has 0 aromatic heterocycles. The van der Waals surface area contributed by atoms with Gasteiger partial charge < -0.3 is 0 Å². The second-order valence-corrected chi connectivity index (χ2v) is 32.2. The number of carbonyl (C=O) groups excluding carboxylic acids is 2. The van der Waals surface area contributed by atoms with E-state index < -0.39 is 32.3 Å². The first-order valence-corrected chi connectivity index (χ1v) is 24.2. The number of amides is 2. The first-order valence-electron chi connectivity index (χ1n) is 10.2. The zero-order valence-corrected chi connectivity index (χ0v) is 23.8. The van der Waals surface area contributed by atoms with Crippen LogP contribution in [0.4, 0.5) is 0 Å². The molecule has 1 aromatic carbocycles. The number of hydrazine groups is 1. The summed E-state index contributed by atoms with van der Waals surface area (Å²) in [5.74, 6) is -0.234. The quantitative estimate of drug-likeness (QED) is 0.691. The van der Waals surface area contributed by atoms with Crippen LogP contribution in [-0.4, -0.2) is 44.1 Å². The van der Waals surface area contributed by atoms with Crippen LogP contribution in [0.25, 0.3) is 0 Å². The van der Waals surface area contributed by atoms with Crippen molar-refractivity contribution in [2.24, 2.45) is 0 Å². The zero-order valence-electron chi connectivity index (χ0n) is 19.8. The van der Waals surface area contributed by atoms with E-state index in [4.69, 9.17) is 0 Å². The molecule has 0 saturated heterocycles. The summed E-state index contributed by atoms with van der Waals surface area (Å²) in [6.07, 6.45) is 0. The fourth-order valence-electron chi connectivity index (χ4n) is 4.44. The van der Waals surface area contributed by atoms with Crippen molar-refractivity contribution in [3.05, 3.63) is 11.1 Å². The molecule has 0 saturated carbocycles. The number of rotatable bonds is 4. The van der Waals surface area contributed by atoms with Crippen molar-refractivity contribution in [1.29, 1.82) is 0 Å². The monoisotopic (exact) mass is 450 g/mol. The van der Waals surface area contributed by atoms with Crippen molar-refractivity contribution in [2.75, 3.05) is 0 Å². The highest BCUT2D eigenvalue weighted by Crippen LogP contribution is 2.19. The van der Waals surface area contributed by atoms with E-state index in [1.807, 2.05) is 0 Å². The van der Waals surface area contributed by atoms with Gasteiger partial charge in [-0.05, 0) is 20.7 Å². The van der Waals surface area contributed by atoms with Gasteiger partial charge in [-0.3, -0.25) is 20.4 Å². The van der Waals surface area contributed by atoms with Gasteiger partial charge in [0, 0.05) is 11.1 Å². The molecule has 0 fully saturated rings. The molecular weight excluding hydrogens is 413 g/mol. The summed E-state index contributed by atoms with van der Waals surface area (Å²) in [4.78, 5) is 26.9. The van der Waals surface area contributed by atoms with E-state index in [1.54, 1.807) is 0 Å². The van der Waals surface area contributed by atoms with Gasteiger partial charge in [-0.15, -0.1) is 0 Å². The minimum atomic E-state index is -1.90. The topological polar surface area (TPSA) is 58.2 Å². The third-order valence-corrected chi connectivity index (χ3v) is 13.7. The van der Waals surface area contributed by atoms with Crippen LogP contribution in [0.15, 0.2) is 0 Å². The van der Waals surface area contributed by atoms with Gasteiger partial charge >= 0.3 is 0 Å². The average Bonchev–Trinajstić information content (AvgIpc) is 2.44. The standard InChI is InChI=1S/C20H38N2O2Si4/c1-25(2,3)15-13-17(27(7,8)9)18(28(10,11)12)14(16(15)26(4,5)6)20(24)22-21-19(13)23/h1-12H3,(H,21,23)(H,22,24). The van der Waals surface area contributed by atoms with Crippen molar-refractivity contribution < 1.29 is 9.59 Å². The lowest BCUT2D eigenvalue weighted by Crippen LogP contribution is -2.74. The molecule has 4 nitrogen and oxygen atoms in total. The maximum absolute atomic E-state index is 13.5. The third-order valence-electron chi connectivity index (χ3n) is 5.24. The first-order chi connectivity index (χ1) is 12.3. The van der Waals surface area contributed by atoms with Crippen LogP contribution in [0.2, 0.25) is 78.6 Å². The fourth-order valence-corrected chi connectivity index (χ4v) is 16.6. The number of nitrogens with one attached hydrogen (secondary N) is 2. The second-order valence-electron chi connectivity index (χ2n) is 12.2. The maximum atomic E-state index is 13.5. The van der Waals surface area contributed by atoms with Gasteiger partial charge in [-0.2, -0.15) is 0 Å². The summed E-state index contributed by atoms with van der Waals surface area (Å²) in [5.41, 5.74) is 7.28. The van der Waals surface area contributed by atoms with Crippen LogP contribution >= 0.6 is 0 Å². The van der Waals surface area contributed by atoms with E-state index in [9.17, 15) is 9.59 Å². The Bertz CT molecular complexity index is 727. The van der Waals surface area contributed by atoms with Gasteiger partial charge in [0.1, 0.15) is 0 Å². The summed E-state index contributed by atoms with van der Waals surface area (Å²) >= 11 is 0. The Morgan fingerprint density at radius 2 is 0.607 bits per heavy atom. The molecule has 2 aliphatic heterocycles. The Balaban J connectivity index is 3.41. The number of benzene rings is 1. The van der Waals surface area contributed by atoms with Gasteiger partial charge in [-0.25, -0.2) is 0 Å². The molecule has 2 bridgehead atoms. The number of hydrogen-bond donors (Lipinski definition) is 2. The summed E-state index contributed by atoms with van der Waals surface area (Å²) in [6.45, 7) is 27.8. The smallest absolute Gasteiger partial charge is 0.267 e.